The van der Waals surface area contributed by atoms with Crippen LogP contribution in [-0.2, 0) is 6.54 Å². The van der Waals surface area contributed by atoms with E-state index >= 15 is 0 Å². The molecule has 9 heteroatoms. The predicted molar refractivity (Wildman–Crippen MR) is 121 cm³/mol. The summed E-state index contributed by atoms with van der Waals surface area (Å²) >= 11 is 5.23. The highest BCUT2D eigenvalue weighted by atomic mass is 32.1. The number of hydrogen-bond donors (Lipinski definition) is 4. The van der Waals surface area contributed by atoms with Crippen molar-refractivity contribution < 1.29 is 9.72 Å². The minimum atomic E-state index is -0.467. The van der Waals surface area contributed by atoms with Crippen molar-refractivity contribution >= 4 is 46.0 Å². The van der Waals surface area contributed by atoms with Crippen LogP contribution in [-0.4, -0.2) is 15.9 Å². The number of nitrogens with one attached hydrogen (secondary N) is 3. The molecule has 0 spiro atoms. The average Bonchev–Trinajstić information content (AvgIpc) is 2.74. The molecule has 8 nitrogen and oxygen atoms in total. The Morgan fingerprint density at radius 3 is 2.43 bits per heavy atom. The molecule has 0 atom stereocenters. The molecule has 0 fully saturated rings. The summed E-state index contributed by atoms with van der Waals surface area (Å²) in [5, 5.41) is 19.9. The number of nitrogen functional groups attached to an aromatic ring is 1. The lowest BCUT2D eigenvalue weighted by molar-refractivity contribution is -0.384. The van der Waals surface area contributed by atoms with Crippen molar-refractivity contribution in [3.63, 3.8) is 0 Å². The van der Waals surface area contributed by atoms with Gasteiger partial charge in [0.25, 0.3) is 11.6 Å². The van der Waals surface area contributed by atoms with Gasteiger partial charge in [-0.25, -0.2) is 0 Å². The Bertz CT molecular complexity index is 1090. The zero-order valence-corrected chi connectivity index (χ0v) is 16.6. The number of carbonyl (C=O) groups is 1. The minimum absolute atomic E-state index is 0.0195. The second-order valence-corrected chi connectivity index (χ2v) is 6.76. The normalized spacial score (nSPS) is 10.1. The third-order valence-corrected chi connectivity index (χ3v) is 4.44. The number of nitro groups is 1. The molecule has 3 aromatic carbocycles. The summed E-state index contributed by atoms with van der Waals surface area (Å²) in [6.45, 7) is 0.425. The van der Waals surface area contributed by atoms with Crippen molar-refractivity contribution in [3.05, 3.63) is 94.0 Å². The Kier molecular flexibility index (Phi) is 6.56. The molecule has 0 saturated carbocycles. The van der Waals surface area contributed by atoms with Gasteiger partial charge in [0, 0.05) is 29.9 Å². The van der Waals surface area contributed by atoms with Crippen LogP contribution in [0.2, 0.25) is 0 Å². The number of anilines is 3. The van der Waals surface area contributed by atoms with Crippen LogP contribution >= 0.6 is 12.2 Å². The zero-order chi connectivity index (χ0) is 21.5. The molecule has 0 heterocycles. The fraction of sp³-hybridized carbons (Fsp3) is 0.0476. The van der Waals surface area contributed by atoms with Crippen LogP contribution in [0.4, 0.5) is 22.7 Å². The van der Waals surface area contributed by atoms with E-state index in [0.717, 1.165) is 5.56 Å². The van der Waals surface area contributed by atoms with Crippen LogP contribution in [0.25, 0.3) is 0 Å². The fourth-order valence-electron chi connectivity index (χ4n) is 2.63. The summed E-state index contributed by atoms with van der Waals surface area (Å²) in [5.41, 5.74) is 8.81. The molecule has 0 aliphatic carbocycles. The SMILES string of the molecule is Nc1ccccc1NC(=O)c1ccc(CNC(=S)Nc2cccc([N+](=O)[O-])c2)cc1. The second kappa shape index (κ2) is 9.48. The standard InChI is InChI=1S/C21H19N5O3S/c22-18-6-1-2-7-19(18)25-20(27)15-10-8-14(9-11-15)13-23-21(30)24-16-4-3-5-17(12-16)26(28)29/h1-12H,13,22H2,(H,25,27)(H2,23,24,30). The average molecular weight is 421 g/mol. The van der Waals surface area contributed by atoms with E-state index in [-0.39, 0.29) is 11.6 Å². The predicted octanol–water partition coefficient (Wildman–Crippen LogP) is 3.92. The topological polar surface area (TPSA) is 122 Å². The van der Waals surface area contributed by atoms with Gasteiger partial charge in [-0.1, -0.05) is 30.3 Å². The molecule has 30 heavy (non-hydrogen) atoms. The van der Waals surface area contributed by atoms with Crippen LogP contribution in [0, 0.1) is 10.1 Å². The van der Waals surface area contributed by atoms with Crippen molar-refractivity contribution in [2.45, 2.75) is 6.54 Å². The number of carbonyl (C=O) groups excluding carboxylic acids is 1. The van der Waals surface area contributed by atoms with Gasteiger partial charge in [0.2, 0.25) is 0 Å². The zero-order valence-electron chi connectivity index (χ0n) is 15.8. The number of amides is 1. The maximum atomic E-state index is 12.4. The maximum Gasteiger partial charge on any atom is 0.271 e. The summed E-state index contributed by atoms with van der Waals surface area (Å²) in [7, 11) is 0. The van der Waals surface area contributed by atoms with Crippen LogP contribution in [0.5, 0.6) is 0 Å². The van der Waals surface area contributed by atoms with Gasteiger partial charge < -0.3 is 21.7 Å². The number of benzene rings is 3. The highest BCUT2D eigenvalue weighted by molar-refractivity contribution is 7.80. The van der Waals surface area contributed by atoms with Gasteiger partial charge in [0.05, 0.1) is 16.3 Å². The number of thiocarbonyl (C=S) groups is 1. The van der Waals surface area contributed by atoms with Gasteiger partial charge in [-0.2, -0.15) is 0 Å². The number of para-hydroxylation sites is 2. The molecule has 3 rings (SSSR count). The lowest BCUT2D eigenvalue weighted by Gasteiger charge is -2.11. The van der Waals surface area contributed by atoms with Gasteiger partial charge in [0.1, 0.15) is 0 Å². The van der Waals surface area contributed by atoms with Crippen molar-refractivity contribution in [2.75, 3.05) is 16.4 Å². The van der Waals surface area contributed by atoms with Crippen LogP contribution in [0.15, 0.2) is 72.8 Å². The van der Waals surface area contributed by atoms with E-state index < -0.39 is 4.92 Å². The third-order valence-electron chi connectivity index (χ3n) is 4.19. The van der Waals surface area contributed by atoms with Gasteiger partial charge in [-0.3, -0.25) is 14.9 Å². The van der Waals surface area contributed by atoms with Gasteiger partial charge in [-0.05, 0) is 48.1 Å². The van der Waals surface area contributed by atoms with Gasteiger partial charge >= 0.3 is 0 Å². The van der Waals surface area contributed by atoms with Crippen molar-refractivity contribution in [3.8, 4) is 0 Å². The molecule has 0 aromatic heterocycles. The minimum Gasteiger partial charge on any atom is -0.397 e. The van der Waals surface area contributed by atoms with Crippen molar-refractivity contribution in [1.82, 2.24) is 5.32 Å². The summed E-state index contributed by atoms with van der Waals surface area (Å²) in [4.78, 5) is 22.7. The number of hydrogen-bond acceptors (Lipinski definition) is 5. The molecule has 3 aromatic rings. The molecule has 5 N–H and O–H groups in total. The molecular formula is C21H19N5O3S. The van der Waals surface area contributed by atoms with Gasteiger partial charge in [-0.15, -0.1) is 0 Å². The summed E-state index contributed by atoms with van der Waals surface area (Å²) in [5.74, 6) is -0.254. The summed E-state index contributed by atoms with van der Waals surface area (Å²) in [6, 6.07) is 20.2. The van der Waals surface area contributed by atoms with E-state index in [0.29, 0.717) is 34.3 Å². The molecule has 152 valence electrons. The van der Waals surface area contributed by atoms with Gasteiger partial charge in [0.15, 0.2) is 5.11 Å². The summed E-state index contributed by atoms with van der Waals surface area (Å²) in [6.07, 6.45) is 0. The monoisotopic (exact) mass is 421 g/mol. The highest BCUT2D eigenvalue weighted by Crippen LogP contribution is 2.18. The molecular weight excluding hydrogens is 402 g/mol. The second-order valence-electron chi connectivity index (χ2n) is 6.35. The van der Waals surface area contributed by atoms with Crippen LogP contribution in [0.3, 0.4) is 0 Å². The Labute approximate surface area is 178 Å². The van der Waals surface area contributed by atoms with E-state index in [1.54, 1.807) is 48.5 Å². The molecule has 0 bridgehead atoms. The first-order valence-electron chi connectivity index (χ1n) is 8.96. The largest absolute Gasteiger partial charge is 0.397 e. The Morgan fingerprint density at radius 2 is 1.73 bits per heavy atom. The van der Waals surface area contributed by atoms with Crippen LogP contribution in [0.1, 0.15) is 15.9 Å². The molecule has 0 unspecified atom stereocenters. The van der Waals surface area contributed by atoms with E-state index in [9.17, 15) is 14.9 Å². The smallest absolute Gasteiger partial charge is 0.271 e. The lowest BCUT2D eigenvalue weighted by atomic mass is 10.1. The van der Waals surface area contributed by atoms with E-state index in [1.807, 2.05) is 12.1 Å². The first-order chi connectivity index (χ1) is 14.4. The quantitative estimate of drug-likeness (QED) is 0.206. The molecule has 0 saturated heterocycles. The number of nitrogens with zero attached hydrogens (tertiary/aromatic N) is 1. The fourth-order valence-corrected chi connectivity index (χ4v) is 2.82. The molecule has 0 radical (unpaired) electrons. The number of nitrogens with two attached hydrogens (primary N) is 1. The lowest BCUT2D eigenvalue weighted by Crippen LogP contribution is -2.27. The summed E-state index contributed by atoms with van der Waals surface area (Å²) < 4.78 is 0. The Balaban J connectivity index is 1.53. The number of non-ortho nitro benzene ring substituents is 1. The van der Waals surface area contributed by atoms with E-state index in [1.165, 1.54) is 12.1 Å². The van der Waals surface area contributed by atoms with Crippen molar-refractivity contribution in [1.29, 1.82) is 0 Å². The Hall–Kier alpha value is -3.98. The maximum absolute atomic E-state index is 12.4. The van der Waals surface area contributed by atoms with Crippen molar-refractivity contribution in [2.24, 2.45) is 0 Å². The third kappa shape index (κ3) is 5.52. The highest BCUT2D eigenvalue weighted by Gasteiger charge is 2.09. The molecule has 1 amide bonds. The first-order valence-corrected chi connectivity index (χ1v) is 9.37. The molecule has 0 aliphatic heterocycles. The first kappa shape index (κ1) is 20.7. The number of nitro benzene ring substituents is 1. The van der Waals surface area contributed by atoms with E-state index in [4.69, 9.17) is 18.0 Å². The number of rotatable bonds is 6. The van der Waals surface area contributed by atoms with Crippen LogP contribution < -0.4 is 21.7 Å². The Morgan fingerprint density at radius 1 is 1.00 bits per heavy atom. The molecule has 0 aliphatic rings. The van der Waals surface area contributed by atoms with E-state index in [2.05, 4.69) is 16.0 Å².